The average Bonchev–Trinajstić information content (AvgIpc) is 2.55. The van der Waals surface area contributed by atoms with Gasteiger partial charge in [-0.2, -0.15) is 0 Å². The highest BCUT2D eigenvalue weighted by Gasteiger charge is 2.14. The Hall–Kier alpha value is -2.88. The third kappa shape index (κ3) is 2.63. The molecule has 4 heteroatoms. The number of rotatable bonds is 4. The molecule has 0 fully saturated rings. The van der Waals surface area contributed by atoms with Gasteiger partial charge in [0, 0.05) is 23.3 Å². The van der Waals surface area contributed by atoms with Crippen molar-refractivity contribution < 1.29 is 9.53 Å². The number of pyridine rings is 1. The first-order valence-electron chi connectivity index (χ1n) is 7.05. The summed E-state index contributed by atoms with van der Waals surface area (Å²) in [5.41, 5.74) is 7.25. The summed E-state index contributed by atoms with van der Waals surface area (Å²) in [6, 6.07) is 15.6. The molecular weight excluding hydrogens is 276 g/mol. The number of nitrogens with two attached hydrogens (primary N) is 1. The molecule has 0 aliphatic heterocycles. The van der Waals surface area contributed by atoms with Crippen LogP contribution in [0.15, 0.2) is 60.9 Å². The third-order valence-corrected chi connectivity index (χ3v) is 3.56. The molecule has 3 rings (SSSR count). The van der Waals surface area contributed by atoms with E-state index in [1.807, 2.05) is 54.7 Å². The lowest BCUT2D eigenvalue weighted by Crippen LogP contribution is -2.30. The predicted molar refractivity (Wildman–Crippen MR) is 86.5 cm³/mol. The summed E-state index contributed by atoms with van der Waals surface area (Å²) >= 11 is 0. The minimum atomic E-state index is -0.683. The molecule has 2 N–H and O–H groups in total. The molecule has 4 nitrogen and oxygen atoms in total. The van der Waals surface area contributed by atoms with Gasteiger partial charge in [-0.25, -0.2) is 0 Å². The fraction of sp³-hybridized carbons (Fsp3) is 0.111. The third-order valence-electron chi connectivity index (χ3n) is 3.56. The monoisotopic (exact) mass is 292 g/mol. The van der Waals surface area contributed by atoms with Crippen LogP contribution in [0.5, 0.6) is 5.75 Å². The Morgan fingerprint density at radius 2 is 1.86 bits per heavy atom. The molecule has 1 heterocycles. The normalized spacial score (nSPS) is 12.0. The fourth-order valence-electron chi connectivity index (χ4n) is 2.40. The summed E-state index contributed by atoms with van der Waals surface area (Å²) in [6.07, 6.45) is 2.91. The summed E-state index contributed by atoms with van der Waals surface area (Å²) in [6.45, 7) is 1.64. The quantitative estimate of drug-likeness (QED) is 0.803. The Kier molecular flexibility index (Phi) is 3.74. The van der Waals surface area contributed by atoms with Crippen molar-refractivity contribution in [2.45, 2.75) is 13.0 Å². The van der Waals surface area contributed by atoms with Crippen LogP contribution in [0, 0.1) is 0 Å². The van der Waals surface area contributed by atoms with Gasteiger partial charge in [-0.05, 0) is 30.0 Å². The minimum Gasteiger partial charge on any atom is -0.480 e. The van der Waals surface area contributed by atoms with E-state index in [-0.39, 0.29) is 0 Å². The molecule has 0 saturated carbocycles. The summed E-state index contributed by atoms with van der Waals surface area (Å²) in [4.78, 5) is 15.4. The molecule has 0 bridgehead atoms. The zero-order valence-corrected chi connectivity index (χ0v) is 12.2. The van der Waals surface area contributed by atoms with E-state index in [2.05, 4.69) is 4.98 Å². The lowest BCUT2D eigenvalue weighted by molar-refractivity contribution is -0.123. The minimum absolute atomic E-state index is 0.489. The zero-order valence-electron chi connectivity index (χ0n) is 12.2. The Labute approximate surface area is 128 Å². The second-order valence-corrected chi connectivity index (χ2v) is 5.06. The molecule has 0 spiro atoms. The highest BCUT2D eigenvalue weighted by Crippen LogP contribution is 2.35. The van der Waals surface area contributed by atoms with Gasteiger partial charge in [0.05, 0.1) is 0 Å². The Morgan fingerprint density at radius 3 is 2.68 bits per heavy atom. The van der Waals surface area contributed by atoms with E-state index >= 15 is 0 Å². The molecule has 110 valence electrons. The number of carbonyl (C=O) groups excluding carboxylic acids is 1. The van der Waals surface area contributed by atoms with E-state index in [1.165, 1.54) is 0 Å². The number of ether oxygens (including phenoxy) is 1. The van der Waals surface area contributed by atoms with Crippen molar-refractivity contribution in [2.24, 2.45) is 5.73 Å². The number of carbonyl (C=O) groups is 1. The lowest BCUT2D eigenvalue weighted by atomic mass is 9.99. The Bertz CT molecular complexity index is 825. The van der Waals surface area contributed by atoms with E-state index in [0.717, 1.165) is 21.9 Å². The second-order valence-electron chi connectivity index (χ2n) is 5.06. The topological polar surface area (TPSA) is 65.2 Å². The van der Waals surface area contributed by atoms with Gasteiger partial charge in [0.25, 0.3) is 5.91 Å². The molecular formula is C18H16N2O2. The van der Waals surface area contributed by atoms with Gasteiger partial charge in [-0.1, -0.05) is 36.4 Å². The molecule has 22 heavy (non-hydrogen) atoms. The standard InChI is InChI=1S/C18H16N2O2/c1-12(18(19)21)22-17-8-3-2-6-16(17)15-7-4-5-13-11-20-10-9-14(13)15/h2-12H,1H3,(H2,19,21)/t12-/m1/s1. The Balaban J connectivity index is 2.13. The average molecular weight is 292 g/mol. The first-order chi connectivity index (χ1) is 10.7. The molecule has 0 aliphatic rings. The molecule has 1 atom stereocenters. The molecule has 1 aromatic heterocycles. The fourth-order valence-corrected chi connectivity index (χ4v) is 2.40. The van der Waals surface area contributed by atoms with Crippen molar-refractivity contribution in [1.82, 2.24) is 4.98 Å². The molecule has 2 aromatic carbocycles. The summed E-state index contributed by atoms with van der Waals surface area (Å²) in [5.74, 6) is 0.148. The van der Waals surface area contributed by atoms with E-state index in [1.54, 1.807) is 13.1 Å². The maximum absolute atomic E-state index is 11.3. The Morgan fingerprint density at radius 1 is 1.09 bits per heavy atom. The molecule has 1 amide bonds. The van der Waals surface area contributed by atoms with Crippen LogP contribution in [0.25, 0.3) is 21.9 Å². The number of aromatic nitrogens is 1. The molecule has 0 saturated heterocycles. The van der Waals surface area contributed by atoms with Crippen molar-refractivity contribution in [2.75, 3.05) is 0 Å². The summed E-state index contributed by atoms with van der Waals surface area (Å²) in [5, 5.41) is 2.14. The van der Waals surface area contributed by atoms with Crippen LogP contribution in [0.2, 0.25) is 0 Å². The van der Waals surface area contributed by atoms with E-state index < -0.39 is 12.0 Å². The largest absolute Gasteiger partial charge is 0.480 e. The summed E-state index contributed by atoms with van der Waals surface area (Å²) in [7, 11) is 0. The van der Waals surface area contributed by atoms with Crippen molar-refractivity contribution in [1.29, 1.82) is 0 Å². The first kappa shape index (κ1) is 14.1. The van der Waals surface area contributed by atoms with Crippen LogP contribution in [-0.2, 0) is 4.79 Å². The highest BCUT2D eigenvalue weighted by atomic mass is 16.5. The van der Waals surface area contributed by atoms with E-state index in [4.69, 9.17) is 10.5 Å². The smallest absolute Gasteiger partial charge is 0.258 e. The predicted octanol–water partition coefficient (Wildman–Crippen LogP) is 3.15. The lowest BCUT2D eigenvalue weighted by Gasteiger charge is -2.16. The number of amides is 1. The number of hydrogen-bond donors (Lipinski definition) is 1. The number of para-hydroxylation sites is 1. The van der Waals surface area contributed by atoms with Gasteiger partial charge in [0.15, 0.2) is 6.10 Å². The second kappa shape index (κ2) is 5.85. The van der Waals surface area contributed by atoms with Gasteiger partial charge >= 0.3 is 0 Å². The molecule has 0 aliphatic carbocycles. The van der Waals surface area contributed by atoms with Gasteiger partial charge in [0.1, 0.15) is 5.75 Å². The SMILES string of the molecule is C[C@@H](Oc1ccccc1-c1cccc2cnccc12)C(N)=O. The van der Waals surface area contributed by atoms with Crippen LogP contribution in [0.3, 0.4) is 0 Å². The van der Waals surface area contributed by atoms with Crippen molar-refractivity contribution in [3.63, 3.8) is 0 Å². The van der Waals surface area contributed by atoms with Crippen molar-refractivity contribution >= 4 is 16.7 Å². The van der Waals surface area contributed by atoms with Crippen molar-refractivity contribution in [3.8, 4) is 16.9 Å². The molecule has 0 unspecified atom stereocenters. The number of benzene rings is 2. The zero-order chi connectivity index (χ0) is 15.5. The number of nitrogens with zero attached hydrogens (tertiary/aromatic N) is 1. The first-order valence-corrected chi connectivity index (χ1v) is 7.05. The maximum Gasteiger partial charge on any atom is 0.258 e. The van der Waals surface area contributed by atoms with Gasteiger partial charge in [0.2, 0.25) is 0 Å². The van der Waals surface area contributed by atoms with Crippen LogP contribution >= 0.6 is 0 Å². The van der Waals surface area contributed by atoms with Crippen LogP contribution < -0.4 is 10.5 Å². The number of primary amides is 1. The molecule has 3 aromatic rings. The number of fused-ring (bicyclic) bond motifs is 1. The maximum atomic E-state index is 11.3. The van der Waals surface area contributed by atoms with Crippen molar-refractivity contribution in [3.05, 3.63) is 60.9 Å². The highest BCUT2D eigenvalue weighted by molar-refractivity contribution is 5.97. The van der Waals surface area contributed by atoms with Gasteiger partial charge < -0.3 is 10.5 Å². The van der Waals surface area contributed by atoms with Crippen LogP contribution in [0.4, 0.5) is 0 Å². The van der Waals surface area contributed by atoms with E-state index in [0.29, 0.717) is 5.75 Å². The molecule has 0 radical (unpaired) electrons. The van der Waals surface area contributed by atoms with Gasteiger partial charge in [-0.3, -0.25) is 9.78 Å². The van der Waals surface area contributed by atoms with Crippen LogP contribution in [-0.4, -0.2) is 17.0 Å². The van der Waals surface area contributed by atoms with Crippen LogP contribution in [0.1, 0.15) is 6.92 Å². The summed E-state index contributed by atoms with van der Waals surface area (Å²) < 4.78 is 5.72. The van der Waals surface area contributed by atoms with E-state index in [9.17, 15) is 4.79 Å². The number of hydrogen-bond acceptors (Lipinski definition) is 3. The van der Waals surface area contributed by atoms with Gasteiger partial charge in [-0.15, -0.1) is 0 Å².